The lowest BCUT2D eigenvalue weighted by molar-refractivity contribution is 0.0711. The van der Waals surface area contributed by atoms with Crippen LogP contribution in [0.1, 0.15) is 0 Å². The maximum Gasteiger partial charge on any atom is 0.203 e. The summed E-state index contributed by atoms with van der Waals surface area (Å²) in [5, 5.41) is 26.3. The summed E-state index contributed by atoms with van der Waals surface area (Å²) in [5.74, 6) is 4.73. The Bertz CT molecular complexity index is 149. The number of guanidine groups is 1. The molecule has 0 radical (unpaired) electrons. The second-order valence-electron chi connectivity index (χ2n) is 2.34. The van der Waals surface area contributed by atoms with Crippen LogP contribution < -0.4 is 17.0 Å². The van der Waals surface area contributed by atoms with Crippen LogP contribution in [-0.4, -0.2) is 46.6 Å². The van der Waals surface area contributed by atoms with Gasteiger partial charge in [0.1, 0.15) is 5.54 Å². The minimum Gasteiger partial charge on any atom is -0.394 e. The van der Waals surface area contributed by atoms with Crippen LogP contribution in [0.4, 0.5) is 0 Å². The normalized spacial score (nSPS) is 13.2. The first kappa shape index (κ1) is 11.1. The third kappa shape index (κ3) is 2.62. The van der Waals surface area contributed by atoms with Gasteiger partial charge in [0.05, 0.1) is 19.8 Å². The fourth-order valence-corrected chi connectivity index (χ4v) is 0.544. The summed E-state index contributed by atoms with van der Waals surface area (Å²) in [7, 11) is 0. The van der Waals surface area contributed by atoms with Gasteiger partial charge >= 0.3 is 0 Å². The Morgan fingerprint density at radius 3 is 1.92 bits per heavy atom. The van der Waals surface area contributed by atoms with Crippen LogP contribution in [0.2, 0.25) is 0 Å². The van der Waals surface area contributed by atoms with Crippen molar-refractivity contribution in [1.82, 2.24) is 5.43 Å². The zero-order chi connectivity index (χ0) is 9.61. The van der Waals surface area contributed by atoms with E-state index in [1.54, 1.807) is 0 Å². The maximum atomic E-state index is 8.77. The molecule has 0 saturated carbocycles. The molecular formula is C5H14N4O3. The predicted octanol–water partition coefficient (Wildman–Crippen LogP) is -3.52. The molecule has 0 spiro atoms. The lowest BCUT2D eigenvalue weighted by Gasteiger charge is -2.22. The van der Waals surface area contributed by atoms with Gasteiger partial charge in [-0.25, -0.2) is 10.8 Å². The van der Waals surface area contributed by atoms with Gasteiger partial charge in [0.25, 0.3) is 0 Å². The number of aliphatic imine (C=N–C) groups is 1. The van der Waals surface area contributed by atoms with E-state index >= 15 is 0 Å². The first-order valence-electron chi connectivity index (χ1n) is 3.28. The van der Waals surface area contributed by atoms with Crippen LogP contribution in [0.15, 0.2) is 4.99 Å². The van der Waals surface area contributed by atoms with Gasteiger partial charge in [-0.05, 0) is 0 Å². The second-order valence-corrected chi connectivity index (χ2v) is 2.34. The summed E-state index contributed by atoms with van der Waals surface area (Å²) in [4.78, 5) is 3.59. The van der Waals surface area contributed by atoms with E-state index in [9.17, 15) is 0 Å². The SMILES string of the molecule is NNC(N)=NC(CO)(CO)CO. The molecule has 7 nitrogen and oxygen atoms in total. The van der Waals surface area contributed by atoms with Crippen LogP contribution in [0.5, 0.6) is 0 Å². The Labute approximate surface area is 69.7 Å². The molecule has 0 aliphatic rings. The van der Waals surface area contributed by atoms with E-state index in [0.29, 0.717) is 0 Å². The number of nitrogens with two attached hydrogens (primary N) is 2. The van der Waals surface area contributed by atoms with Gasteiger partial charge < -0.3 is 21.1 Å². The number of hydrogen-bond donors (Lipinski definition) is 6. The maximum absolute atomic E-state index is 8.77. The first-order valence-corrected chi connectivity index (χ1v) is 3.28. The predicted molar refractivity (Wildman–Crippen MR) is 42.9 cm³/mol. The molecule has 0 bridgehead atoms. The van der Waals surface area contributed by atoms with Gasteiger partial charge in [0.2, 0.25) is 5.96 Å². The molecule has 0 fully saturated rings. The summed E-state index contributed by atoms with van der Waals surface area (Å²) >= 11 is 0. The average Bonchev–Trinajstić information content (AvgIpc) is 2.14. The van der Waals surface area contributed by atoms with E-state index in [2.05, 4.69) is 4.99 Å². The van der Waals surface area contributed by atoms with E-state index in [0.717, 1.165) is 0 Å². The topological polar surface area (TPSA) is 137 Å². The van der Waals surface area contributed by atoms with Crippen molar-refractivity contribution in [2.24, 2.45) is 16.6 Å². The number of rotatable bonds is 4. The Hall–Kier alpha value is -0.890. The van der Waals surface area contributed by atoms with Crippen molar-refractivity contribution in [3.63, 3.8) is 0 Å². The van der Waals surface area contributed by atoms with Gasteiger partial charge in [-0.15, -0.1) is 0 Å². The Kier molecular flexibility index (Phi) is 4.52. The van der Waals surface area contributed by atoms with Crippen LogP contribution in [0.3, 0.4) is 0 Å². The quantitative estimate of drug-likeness (QED) is 0.114. The van der Waals surface area contributed by atoms with E-state index in [1.165, 1.54) is 0 Å². The lowest BCUT2D eigenvalue weighted by atomic mass is 10.1. The van der Waals surface area contributed by atoms with Crippen molar-refractivity contribution in [2.75, 3.05) is 19.8 Å². The zero-order valence-corrected chi connectivity index (χ0v) is 6.56. The molecule has 7 heteroatoms. The fourth-order valence-electron chi connectivity index (χ4n) is 0.544. The second kappa shape index (κ2) is 4.88. The molecule has 0 rings (SSSR count). The minimum absolute atomic E-state index is 0.160. The summed E-state index contributed by atoms with van der Waals surface area (Å²) in [6.45, 7) is -1.53. The van der Waals surface area contributed by atoms with Gasteiger partial charge in [-0.3, -0.25) is 5.43 Å². The molecule has 0 aromatic rings. The van der Waals surface area contributed by atoms with Gasteiger partial charge in [0.15, 0.2) is 0 Å². The summed E-state index contributed by atoms with van der Waals surface area (Å²) < 4.78 is 0. The molecule has 0 atom stereocenters. The third-order valence-corrected chi connectivity index (χ3v) is 1.39. The monoisotopic (exact) mass is 178 g/mol. The van der Waals surface area contributed by atoms with Crippen LogP contribution in [0.25, 0.3) is 0 Å². The van der Waals surface area contributed by atoms with Gasteiger partial charge in [-0.1, -0.05) is 0 Å². The number of nitrogens with one attached hydrogen (secondary N) is 1. The molecule has 0 aromatic heterocycles. The highest BCUT2D eigenvalue weighted by Crippen LogP contribution is 2.07. The van der Waals surface area contributed by atoms with E-state index in [4.69, 9.17) is 26.9 Å². The highest BCUT2D eigenvalue weighted by molar-refractivity contribution is 5.77. The molecule has 12 heavy (non-hydrogen) atoms. The van der Waals surface area contributed by atoms with Crippen molar-refractivity contribution >= 4 is 5.96 Å². The molecule has 0 saturated heterocycles. The Morgan fingerprint density at radius 1 is 1.25 bits per heavy atom. The Morgan fingerprint density at radius 2 is 1.67 bits per heavy atom. The number of aliphatic hydroxyl groups is 3. The smallest absolute Gasteiger partial charge is 0.203 e. The van der Waals surface area contributed by atoms with Crippen LogP contribution >= 0.6 is 0 Å². The Balaban J connectivity index is 4.49. The zero-order valence-electron chi connectivity index (χ0n) is 6.56. The van der Waals surface area contributed by atoms with Crippen LogP contribution in [0, 0.1) is 0 Å². The highest BCUT2D eigenvalue weighted by Gasteiger charge is 2.27. The molecule has 0 aromatic carbocycles. The first-order chi connectivity index (χ1) is 5.64. The van der Waals surface area contributed by atoms with E-state index < -0.39 is 25.4 Å². The fraction of sp³-hybridized carbons (Fsp3) is 0.800. The average molecular weight is 178 g/mol. The van der Waals surface area contributed by atoms with Crippen molar-refractivity contribution in [3.05, 3.63) is 0 Å². The van der Waals surface area contributed by atoms with Gasteiger partial charge in [0, 0.05) is 0 Å². The minimum atomic E-state index is -1.36. The van der Waals surface area contributed by atoms with Gasteiger partial charge in [-0.2, -0.15) is 0 Å². The van der Waals surface area contributed by atoms with Crippen molar-refractivity contribution in [3.8, 4) is 0 Å². The molecule has 0 unspecified atom stereocenters. The number of nitrogens with zero attached hydrogens (tertiary/aromatic N) is 1. The summed E-state index contributed by atoms with van der Waals surface area (Å²) in [6.07, 6.45) is 0. The van der Waals surface area contributed by atoms with Crippen molar-refractivity contribution in [1.29, 1.82) is 0 Å². The molecule has 0 heterocycles. The van der Waals surface area contributed by atoms with Crippen molar-refractivity contribution < 1.29 is 15.3 Å². The van der Waals surface area contributed by atoms with E-state index in [1.807, 2.05) is 5.43 Å². The molecule has 0 amide bonds. The standard InChI is InChI=1S/C5H14N4O3/c6-4(9-7)8-5(1-10,2-11)3-12/h10-12H,1-3,7H2,(H3,6,8,9). The number of hydrazine groups is 1. The summed E-state index contributed by atoms with van der Waals surface area (Å²) in [6, 6.07) is 0. The number of hydrogen-bond acceptors (Lipinski definition) is 5. The largest absolute Gasteiger partial charge is 0.394 e. The number of aliphatic hydroxyl groups excluding tert-OH is 3. The molecular weight excluding hydrogens is 164 g/mol. The molecule has 8 N–H and O–H groups in total. The molecule has 72 valence electrons. The molecule has 0 aliphatic heterocycles. The third-order valence-electron chi connectivity index (χ3n) is 1.39. The van der Waals surface area contributed by atoms with Crippen LogP contribution in [-0.2, 0) is 0 Å². The lowest BCUT2D eigenvalue weighted by Crippen LogP contribution is -2.46. The van der Waals surface area contributed by atoms with Crippen molar-refractivity contribution in [2.45, 2.75) is 5.54 Å². The summed E-state index contributed by atoms with van der Waals surface area (Å²) in [5.41, 5.74) is 5.82. The highest BCUT2D eigenvalue weighted by atomic mass is 16.3. The molecule has 0 aliphatic carbocycles. The van der Waals surface area contributed by atoms with E-state index in [-0.39, 0.29) is 5.96 Å².